The molecule has 7 heteroatoms. The average Bonchev–Trinajstić information content (AvgIpc) is 3.19. The van der Waals surface area contributed by atoms with Crippen molar-refractivity contribution in [3.05, 3.63) is 71.1 Å². The van der Waals surface area contributed by atoms with Crippen LogP contribution in [0.1, 0.15) is 11.4 Å². The monoisotopic (exact) mass is 325 g/mol. The fraction of sp³-hybridized carbons (Fsp3) is 0.353. The molecule has 1 aliphatic heterocycles. The molecule has 0 radical (unpaired) electrons. The summed E-state index contributed by atoms with van der Waals surface area (Å²) in [6.45, 7) is 3.89. The van der Waals surface area contributed by atoms with Gasteiger partial charge in [-0.05, 0) is 12.1 Å². The molecule has 0 fully saturated rings. The Bertz CT molecular complexity index is 852. The smallest absolute Gasteiger partial charge is 0.266 e. The lowest BCUT2D eigenvalue weighted by atomic mass is 10.1. The molecule has 0 saturated carbocycles. The fourth-order valence-electron chi connectivity index (χ4n) is 3.27. The van der Waals surface area contributed by atoms with Crippen LogP contribution >= 0.6 is 0 Å². The first-order chi connectivity index (χ1) is 11.8. The number of nitrogens with zero attached hydrogens (tertiary/aromatic N) is 5. The molecule has 1 aliphatic rings. The Morgan fingerprint density at radius 3 is 3.04 bits per heavy atom. The van der Waals surface area contributed by atoms with Gasteiger partial charge in [-0.25, -0.2) is 9.67 Å². The van der Waals surface area contributed by atoms with Gasteiger partial charge in [0.2, 0.25) is 0 Å². The van der Waals surface area contributed by atoms with Gasteiger partial charge in [-0.15, -0.1) is 0 Å². The van der Waals surface area contributed by atoms with Crippen molar-refractivity contribution in [2.24, 2.45) is 5.92 Å². The number of furan rings is 1. The number of hydrogen-bond donors (Lipinski definition) is 0. The zero-order valence-electron chi connectivity index (χ0n) is 13.3. The van der Waals surface area contributed by atoms with E-state index in [1.54, 1.807) is 35.5 Å². The van der Waals surface area contributed by atoms with Gasteiger partial charge in [0.1, 0.15) is 5.82 Å². The lowest BCUT2D eigenvalue weighted by Crippen LogP contribution is -2.33. The number of imidazole rings is 1. The summed E-state index contributed by atoms with van der Waals surface area (Å²) in [4.78, 5) is 18.8. The Balaban J connectivity index is 1.57. The summed E-state index contributed by atoms with van der Waals surface area (Å²) in [5.41, 5.74) is 1.08. The average molecular weight is 325 g/mol. The first-order valence-corrected chi connectivity index (χ1v) is 8.03. The molecular formula is C17H19N5O2. The SMILES string of the molecule is O=c1cccnn1CC1CN(Cc2ccoc2)Cc2nccn2C1. The normalized spacial score (nSPS) is 18.2. The van der Waals surface area contributed by atoms with Crippen LogP contribution in [0.5, 0.6) is 0 Å². The van der Waals surface area contributed by atoms with Gasteiger partial charge >= 0.3 is 0 Å². The molecule has 0 amide bonds. The third-order valence-electron chi connectivity index (χ3n) is 4.34. The molecule has 0 N–H and O–H groups in total. The molecule has 4 heterocycles. The van der Waals surface area contributed by atoms with Gasteiger partial charge in [0.15, 0.2) is 0 Å². The standard InChI is InChI=1S/C17H19N5O2/c23-17-2-1-4-19-22(17)11-15-9-20(8-14-3-7-24-13-14)12-16-18-5-6-21(16)10-15/h1-7,13,15H,8-12H2. The van der Waals surface area contributed by atoms with Crippen molar-refractivity contribution in [1.82, 2.24) is 24.2 Å². The highest BCUT2D eigenvalue weighted by Gasteiger charge is 2.23. The summed E-state index contributed by atoms with van der Waals surface area (Å²) in [6, 6.07) is 5.20. The maximum atomic E-state index is 12.0. The largest absolute Gasteiger partial charge is 0.472 e. The van der Waals surface area contributed by atoms with E-state index in [1.165, 1.54) is 0 Å². The molecule has 24 heavy (non-hydrogen) atoms. The van der Waals surface area contributed by atoms with Gasteiger partial charge in [0.25, 0.3) is 5.56 Å². The number of rotatable bonds is 4. The van der Waals surface area contributed by atoms with Gasteiger partial charge < -0.3 is 8.98 Å². The van der Waals surface area contributed by atoms with E-state index in [0.717, 1.165) is 37.6 Å². The Morgan fingerprint density at radius 2 is 2.21 bits per heavy atom. The summed E-state index contributed by atoms with van der Waals surface area (Å²) in [7, 11) is 0. The van der Waals surface area contributed by atoms with E-state index in [9.17, 15) is 4.79 Å². The maximum absolute atomic E-state index is 12.0. The maximum Gasteiger partial charge on any atom is 0.266 e. The van der Waals surface area contributed by atoms with E-state index >= 15 is 0 Å². The van der Waals surface area contributed by atoms with Crippen molar-refractivity contribution < 1.29 is 4.42 Å². The number of aromatic nitrogens is 4. The van der Waals surface area contributed by atoms with Crippen molar-refractivity contribution in [3.8, 4) is 0 Å². The van der Waals surface area contributed by atoms with Crippen LogP contribution in [0, 0.1) is 5.92 Å². The lowest BCUT2D eigenvalue weighted by molar-refractivity contribution is 0.203. The number of fused-ring (bicyclic) bond motifs is 1. The Hall–Kier alpha value is -2.67. The van der Waals surface area contributed by atoms with Crippen LogP contribution in [0.2, 0.25) is 0 Å². The highest BCUT2D eigenvalue weighted by atomic mass is 16.3. The van der Waals surface area contributed by atoms with E-state index in [0.29, 0.717) is 6.54 Å². The van der Waals surface area contributed by atoms with E-state index in [-0.39, 0.29) is 11.5 Å². The van der Waals surface area contributed by atoms with Gasteiger partial charge in [-0.2, -0.15) is 5.10 Å². The highest BCUT2D eigenvalue weighted by Crippen LogP contribution is 2.18. The van der Waals surface area contributed by atoms with Gasteiger partial charge in [-0.1, -0.05) is 0 Å². The second kappa shape index (κ2) is 6.45. The van der Waals surface area contributed by atoms with Crippen LogP contribution in [0.3, 0.4) is 0 Å². The third kappa shape index (κ3) is 3.16. The first kappa shape index (κ1) is 14.9. The van der Waals surface area contributed by atoms with E-state index in [2.05, 4.69) is 19.5 Å². The summed E-state index contributed by atoms with van der Waals surface area (Å²) >= 11 is 0. The van der Waals surface area contributed by atoms with Gasteiger partial charge in [-0.3, -0.25) is 9.69 Å². The fourth-order valence-corrected chi connectivity index (χ4v) is 3.27. The van der Waals surface area contributed by atoms with Crippen molar-refractivity contribution in [1.29, 1.82) is 0 Å². The molecule has 0 spiro atoms. The predicted octanol–water partition coefficient (Wildman–Crippen LogP) is 1.36. The molecule has 3 aromatic heterocycles. The van der Waals surface area contributed by atoms with Crippen LogP contribution in [0.4, 0.5) is 0 Å². The second-order valence-electron chi connectivity index (χ2n) is 6.21. The summed E-state index contributed by atoms with van der Waals surface area (Å²) < 4.78 is 8.90. The van der Waals surface area contributed by atoms with Crippen LogP contribution < -0.4 is 5.56 Å². The molecule has 0 aromatic carbocycles. The van der Waals surface area contributed by atoms with Crippen LogP contribution in [-0.4, -0.2) is 30.8 Å². The second-order valence-corrected chi connectivity index (χ2v) is 6.21. The zero-order valence-corrected chi connectivity index (χ0v) is 13.3. The molecular weight excluding hydrogens is 306 g/mol. The molecule has 0 saturated heterocycles. The minimum atomic E-state index is -0.0611. The van der Waals surface area contributed by atoms with E-state index < -0.39 is 0 Å². The molecule has 1 unspecified atom stereocenters. The van der Waals surface area contributed by atoms with Crippen molar-refractivity contribution >= 4 is 0 Å². The van der Waals surface area contributed by atoms with Crippen LogP contribution in [0.25, 0.3) is 0 Å². The summed E-state index contributed by atoms with van der Waals surface area (Å²) in [5, 5.41) is 4.19. The Morgan fingerprint density at radius 1 is 1.25 bits per heavy atom. The Kier molecular flexibility index (Phi) is 4.00. The molecule has 4 rings (SSSR count). The van der Waals surface area contributed by atoms with E-state index in [4.69, 9.17) is 4.42 Å². The Labute approximate surface area is 139 Å². The summed E-state index contributed by atoms with van der Waals surface area (Å²) in [5.74, 6) is 1.33. The zero-order chi connectivity index (χ0) is 16.4. The number of hydrogen-bond acceptors (Lipinski definition) is 5. The highest BCUT2D eigenvalue weighted by molar-refractivity contribution is 5.06. The molecule has 1 atom stereocenters. The third-order valence-corrected chi connectivity index (χ3v) is 4.34. The topological polar surface area (TPSA) is 69.1 Å². The van der Waals surface area contributed by atoms with E-state index in [1.807, 2.05) is 18.5 Å². The minimum Gasteiger partial charge on any atom is -0.472 e. The van der Waals surface area contributed by atoms with Crippen molar-refractivity contribution in [3.63, 3.8) is 0 Å². The summed E-state index contributed by atoms with van der Waals surface area (Å²) in [6.07, 6.45) is 8.96. The molecule has 0 bridgehead atoms. The van der Waals surface area contributed by atoms with Crippen molar-refractivity contribution in [2.75, 3.05) is 6.54 Å². The minimum absolute atomic E-state index is 0.0611. The van der Waals surface area contributed by atoms with Gasteiger partial charge in [0.05, 0.1) is 25.6 Å². The lowest BCUT2D eigenvalue weighted by Gasteiger charge is -2.23. The predicted molar refractivity (Wildman–Crippen MR) is 87.0 cm³/mol. The quantitative estimate of drug-likeness (QED) is 0.724. The first-order valence-electron chi connectivity index (χ1n) is 8.03. The molecule has 124 valence electrons. The van der Waals surface area contributed by atoms with Crippen LogP contribution in [-0.2, 0) is 26.2 Å². The molecule has 3 aromatic rings. The van der Waals surface area contributed by atoms with Crippen LogP contribution in [0.15, 0.2) is 58.5 Å². The molecule has 7 nitrogen and oxygen atoms in total. The van der Waals surface area contributed by atoms with Gasteiger partial charge in [0, 0.05) is 55.8 Å². The van der Waals surface area contributed by atoms with Crippen molar-refractivity contribution in [2.45, 2.75) is 26.2 Å². The molecule has 0 aliphatic carbocycles.